The number of nitrogens with zero attached hydrogens (tertiary/aromatic N) is 1. The van der Waals surface area contributed by atoms with Crippen LogP contribution in [0.25, 0.3) is 0 Å². The molecule has 18 heavy (non-hydrogen) atoms. The summed E-state index contributed by atoms with van der Waals surface area (Å²) in [6.07, 6.45) is -0.563. The highest BCUT2D eigenvalue weighted by Crippen LogP contribution is 2.24. The number of rotatable bonds is 4. The zero-order chi connectivity index (χ0) is 13.0. The molecule has 1 fully saturated rings. The van der Waals surface area contributed by atoms with Crippen molar-refractivity contribution in [3.8, 4) is 0 Å². The largest absolute Gasteiger partial charge is 0.439 e. The highest BCUT2D eigenvalue weighted by atomic mass is 16.5. The molecule has 5 heteroatoms. The lowest BCUT2D eigenvalue weighted by Crippen LogP contribution is -2.42. The first-order valence-corrected chi connectivity index (χ1v) is 5.67. The molecule has 94 valence electrons. The van der Waals surface area contributed by atoms with Gasteiger partial charge in [-0.3, -0.25) is 14.4 Å². The van der Waals surface area contributed by atoms with Crippen LogP contribution in [0.2, 0.25) is 0 Å². The van der Waals surface area contributed by atoms with Gasteiger partial charge < -0.3 is 9.64 Å². The molecule has 0 spiro atoms. The predicted octanol–water partition coefficient (Wildman–Crippen LogP) is 1.05. The number of hydrogen-bond acceptors (Lipinski definition) is 4. The number of benzene rings is 1. The Morgan fingerprint density at radius 1 is 1.22 bits per heavy atom. The molecule has 0 radical (unpaired) electrons. The average molecular weight is 247 g/mol. The van der Waals surface area contributed by atoms with E-state index in [-0.39, 0.29) is 24.7 Å². The van der Waals surface area contributed by atoms with E-state index in [1.165, 1.54) is 4.90 Å². The van der Waals surface area contributed by atoms with E-state index < -0.39 is 6.23 Å². The minimum atomic E-state index is -0.746. The number of carbonyl (C=O) groups excluding carboxylic acids is 3. The highest BCUT2D eigenvalue weighted by molar-refractivity contribution is 6.00. The normalized spacial score (nSPS) is 17.4. The van der Waals surface area contributed by atoms with Crippen molar-refractivity contribution >= 4 is 18.2 Å². The van der Waals surface area contributed by atoms with Gasteiger partial charge in [-0.05, 0) is 0 Å². The molecule has 5 nitrogen and oxygen atoms in total. The standard InChI is InChI=1S/C13H13NO4/c15-9-18-13(10-4-2-1-3-5-10)14-7-6-11(16)8-12(14)17/h1-5,9,13H,6-8H2. The van der Waals surface area contributed by atoms with Gasteiger partial charge >= 0.3 is 0 Å². The third-order valence-electron chi connectivity index (χ3n) is 2.85. The Hall–Kier alpha value is -2.17. The molecule has 0 aliphatic carbocycles. The summed E-state index contributed by atoms with van der Waals surface area (Å²) < 4.78 is 4.99. The molecular formula is C13H13NO4. The number of carbonyl (C=O) groups is 3. The topological polar surface area (TPSA) is 63.7 Å². The first-order chi connectivity index (χ1) is 8.72. The Morgan fingerprint density at radius 3 is 2.56 bits per heavy atom. The van der Waals surface area contributed by atoms with Gasteiger partial charge in [0.05, 0.1) is 6.42 Å². The van der Waals surface area contributed by atoms with E-state index in [2.05, 4.69) is 0 Å². The first-order valence-electron chi connectivity index (χ1n) is 5.67. The molecule has 1 aromatic carbocycles. The average Bonchev–Trinajstić information content (AvgIpc) is 2.38. The Morgan fingerprint density at radius 2 is 1.94 bits per heavy atom. The van der Waals surface area contributed by atoms with Crippen molar-refractivity contribution in [1.82, 2.24) is 4.90 Å². The van der Waals surface area contributed by atoms with Crippen LogP contribution >= 0.6 is 0 Å². The molecule has 2 rings (SSSR count). The minimum absolute atomic E-state index is 0.0748. The van der Waals surface area contributed by atoms with Gasteiger partial charge in [-0.25, -0.2) is 0 Å². The Kier molecular flexibility index (Phi) is 3.72. The maximum Gasteiger partial charge on any atom is 0.295 e. The Labute approximate surface area is 104 Å². The number of piperidine rings is 1. The first kappa shape index (κ1) is 12.3. The second kappa shape index (κ2) is 5.44. The maximum absolute atomic E-state index is 11.8. The predicted molar refractivity (Wildman–Crippen MR) is 62.3 cm³/mol. The summed E-state index contributed by atoms with van der Waals surface area (Å²) in [6, 6.07) is 8.99. The van der Waals surface area contributed by atoms with E-state index in [9.17, 15) is 14.4 Å². The molecule has 1 aliphatic rings. The molecular weight excluding hydrogens is 234 g/mol. The van der Waals surface area contributed by atoms with Crippen molar-refractivity contribution in [1.29, 1.82) is 0 Å². The summed E-state index contributed by atoms with van der Waals surface area (Å²) in [5.41, 5.74) is 0.715. The van der Waals surface area contributed by atoms with Crippen LogP contribution in [0, 0.1) is 0 Å². The summed E-state index contributed by atoms with van der Waals surface area (Å²) in [5, 5.41) is 0. The van der Waals surface area contributed by atoms with Crippen LogP contribution in [0.1, 0.15) is 24.6 Å². The van der Waals surface area contributed by atoms with E-state index in [1.807, 2.05) is 6.07 Å². The maximum atomic E-state index is 11.8. The fourth-order valence-electron chi connectivity index (χ4n) is 1.98. The van der Waals surface area contributed by atoms with Crippen LogP contribution in [-0.2, 0) is 19.1 Å². The van der Waals surface area contributed by atoms with Crippen LogP contribution in [0.4, 0.5) is 0 Å². The Bertz CT molecular complexity index is 457. The molecule has 1 aliphatic heterocycles. The van der Waals surface area contributed by atoms with Gasteiger partial charge in [-0.2, -0.15) is 0 Å². The van der Waals surface area contributed by atoms with Crippen LogP contribution in [0.5, 0.6) is 0 Å². The van der Waals surface area contributed by atoms with Crippen molar-refractivity contribution in [3.63, 3.8) is 0 Å². The molecule has 0 saturated carbocycles. The number of ketones is 1. The van der Waals surface area contributed by atoms with Crippen molar-refractivity contribution in [2.75, 3.05) is 6.54 Å². The van der Waals surface area contributed by atoms with Gasteiger partial charge in [-0.1, -0.05) is 30.3 Å². The molecule has 0 N–H and O–H groups in total. The quantitative estimate of drug-likeness (QED) is 0.589. The SMILES string of the molecule is O=COC(c1ccccc1)N1CCC(=O)CC1=O. The zero-order valence-corrected chi connectivity index (χ0v) is 9.74. The number of likely N-dealkylation sites (tertiary alicyclic amines) is 1. The smallest absolute Gasteiger partial charge is 0.295 e. The van der Waals surface area contributed by atoms with Gasteiger partial charge in [0.2, 0.25) is 12.1 Å². The summed E-state index contributed by atoms with van der Waals surface area (Å²) in [4.78, 5) is 35.0. The molecule has 1 saturated heterocycles. The van der Waals surface area contributed by atoms with Gasteiger partial charge in [0, 0.05) is 18.5 Å². The summed E-state index contributed by atoms with van der Waals surface area (Å²) in [6.45, 7) is 0.604. The Balaban J connectivity index is 2.22. The van der Waals surface area contributed by atoms with Crippen molar-refractivity contribution in [3.05, 3.63) is 35.9 Å². The van der Waals surface area contributed by atoms with E-state index in [0.717, 1.165) is 0 Å². The van der Waals surface area contributed by atoms with Crippen LogP contribution in [0.15, 0.2) is 30.3 Å². The summed E-state index contributed by atoms with van der Waals surface area (Å²) >= 11 is 0. The summed E-state index contributed by atoms with van der Waals surface area (Å²) in [7, 11) is 0. The van der Waals surface area contributed by atoms with E-state index in [4.69, 9.17) is 4.74 Å². The van der Waals surface area contributed by atoms with Gasteiger partial charge in [0.1, 0.15) is 5.78 Å². The van der Waals surface area contributed by atoms with E-state index >= 15 is 0 Å². The molecule has 0 aromatic heterocycles. The number of amides is 1. The highest BCUT2D eigenvalue weighted by Gasteiger charge is 2.31. The third-order valence-corrected chi connectivity index (χ3v) is 2.85. The number of hydrogen-bond donors (Lipinski definition) is 0. The second-order valence-corrected chi connectivity index (χ2v) is 4.05. The lowest BCUT2D eigenvalue weighted by Gasteiger charge is -2.32. The van der Waals surface area contributed by atoms with Crippen LogP contribution in [-0.4, -0.2) is 29.6 Å². The van der Waals surface area contributed by atoms with Gasteiger partial charge in [0.15, 0.2) is 0 Å². The van der Waals surface area contributed by atoms with E-state index in [1.54, 1.807) is 24.3 Å². The number of ether oxygens (including phenoxy) is 1. The molecule has 0 bridgehead atoms. The third kappa shape index (κ3) is 2.56. The second-order valence-electron chi connectivity index (χ2n) is 4.05. The van der Waals surface area contributed by atoms with Gasteiger partial charge in [-0.15, -0.1) is 0 Å². The lowest BCUT2D eigenvalue weighted by atomic mass is 10.1. The van der Waals surface area contributed by atoms with Crippen LogP contribution < -0.4 is 0 Å². The van der Waals surface area contributed by atoms with Crippen molar-refractivity contribution in [2.24, 2.45) is 0 Å². The van der Waals surface area contributed by atoms with Crippen molar-refractivity contribution in [2.45, 2.75) is 19.1 Å². The molecule has 1 amide bonds. The molecule has 1 unspecified atom stereocenters. The minimum Gasteiger partial charge on any atom is -0.439 e. The van der Waals surface area contributed by atoms with Gasteiger partial charge in [0.25, 0.3) is 6.47 Å². The lowest BCUT2D eigenvalue weighted by molar-refractivity contribution is -0.159. The molecule has 1 aromatic rings. The van der Waals surface area contributed by atoms with Crippen LogP contribution in [0.3, 0.4) is 0 Å². The zero-order valence-electron chi connectivity index (χ0n) is 9.74. The van der Waals surface area contributed by atoms with E-state index in [0.29, 0.717) is 18.5 Å². The summed E-state index contributed by atoms with van der Waals surface area (Å²) in [5.74, 6) is -0.379. The molecule has 1 heterocycles. The monoisotopic (exact) mass is 247 g/mol. The fourth-order valence-corrected chi connectivity index (χ4v) is 1.98. The fraction of sp³-hybridized carbons (Fsp3) is 0.308. The number of Topliss-reactive ketones (excluding diaryl/α,β-unsaturated/α-hetero) is 1. The van der Waals surface area contributed by atoms with Crippen molar-refractivity contribution < 1.29 is 19.1 Å². The molecule has 1 atom stereocenters.